The first kappa shape index (κ1) is 128. The molecule has 0 aromatic heterocycles. The van der Waals surface area contributed by atoms with Crippen LogP contribution in [0.5, 0.6) is 0 Å². The minimum atomic E-state index is -3.79. The Balaban J connectivity index is 1.25. The highest BCUT2D eigenvalue weighted by atomic mass is 16.8. The van der Waals surface area contributed by atoms with Gasteiger partial charge in [0.2, 0.25) is 23.6 Å². The monoisotopic (exact) mass is 2130 g/mol. The molecule has 147 heavy (non-hydrogen) atoms. The standard InChI is InChI=1S/C96H168N4O47/c1-7-9-11-13-15-17-19-21-22-24-26-28-30-32-34-36-66(118)100-54(55(112)35-33-31-29-27-25-23-20-18-16-14-12-10-8-2)48-134-88-76(125)75(124)80(64(46-106)137-88)140-90-78(127)86(147-96(93(132)133)40-58(115)69(99-52(6)111)84(145-96)74(123)63(45-105)142-94(91(128)129)38-56(113)67(97-50(4)109)82(143-94)70(119)59(116)41-101)81(65(47-107)138-90)141-87-53(37-49(3)108)79(72(121)61(43-103)135-87)139-89-77(126)85(73(122)62(44-104)136-89)146-95(92(130)131)39-57(114)68(98-51(5)110)83(144-95)71(120)60(117)42-102/h53-65,67-90,101-107,112-117,119-127H,7-48H2,1-6H3,(H,97,109)(H,98,110)(H,99,111)(H,100,118)(H,128,129)(H,130,131)(H,132,133). The number of hydrogen-bond acceptors (Lipinski definition) is 44. The van der Waals surface area contributed by atoms with Crippen LogP contribution in [0.15, 0.2) is 0 Å². The molecule has 7 fully saturated rings. The normalized spacial score (nSPS) is 35.5. The highest BCUT2D eigenvalue weighted by Gasteiger charge is 2.66. The Morgan fingerprint density at radius 2 is 0.707 bits per heavy atom. The molecule has 0 aromatic rings. The number of carbonyl (C=O) groups excluding carboxylic acids is 5. The summed E-state index contributed by atoms with van der Waals surface area (Å²) in [6.07, 6.45) is -49.9. The van der Waals surface area contributed by atoms with Crippen LogP contribution in [-0.2, 0) is 105 Å². The van der Waals surface area contributed by atoms with E-state index >= 15 is 0 Å². The number of ketones is 1. The Labute approximate surface area is 853 Å². The lowest BCUT2D eigenvalue weighted by Gasteiger charge is -2.53. The van der Waals surface area contributed by atoms with Crippen molar-refractivity contribution >= 4 is 47.3 Å². The topological polar surface area (TPSA) is 820 Å². The Bertz CT molecular complexity index is 3860. The lowest BCUT2D eigenvalue weighted by atomic mass is 9.86. The van der Waals surface area contributed by atoms with Gasteiger partial charge in [0, 0.05) is 58.8 Å². The van der Waals surface area contributed by atoms with Crippen LogP contribution in [0, 0.1) is 5.92 Å². The molecule has 40 unspecified atom stereocenters. The number of aliphatic carboxylic acids is 3. The molecular weight excluding hydrogens is 1960 g/mol. The predicted octanol–water partition coefficient (Wildman–Crippen LogP) is -5.38. The van der Waals surface area contributed by atoms with Crippen molar-refractivity contribution in [2.75, 3.05) is 52.9 Å². The van der Waals surface area contributed by atoms with Gasteiger partial charge in [0.05, 0.1) is 108 Å². The fraction of sp³-hybridized carbons (Fsp3) is 0.917. The van der Waals surface area contributed by atoms with E-state index in [-0.39, 0.29) is 12.8 Å². The minimum absolute atomic E-state index is 0.0730. The summed E-state index contributed by atoms with van der Waals surface area (Å²) in [6, 6.07) is -6.99. The molecule has 7 aliphatic rings. The quantitative estimate of drug-likeness (QED) is 0.0253. The fourth-order valence-electron chi connectivity index (χ4n) is 20.0. The number of amides is 4. The van der Waals surface area contributed by atoms with Gasteiger partial charge in [-0.2, -0.15) is 0 Å². The molecule has 7 saturated heterocycles. The zero-order chi connectivity index (χ0) is 109. The maximum atomic E-state index is 14.7. The molecule has 4 amide bonds. The highest BCUT2D eigenvalue weighted by molar-refractivity contribution is 5.79. The number of carboxylic acid groups (broad SMARTS) is 3. The van der Waals surface area contributed by atoms with Crippen LogP contribution in [0.3, 0.4) is 0 Å². The lowest BCUT2D eigenvalue weighted by Crippen LogP contribution is -2.72. The molecule has 0 bridgehead atoms. The summed E-state index contributed by atoms with van der Waals surface area (Å²) in [4.78, 5) is 108. The van der Waals surface area contributed by atoms with E-state index in [0.29, 0.717) is 12.8 Å². The fourth-order valence-corrected chi connectivity index (χ4v) is 20.0. The molecule has 0 radical (unpaired) electrons. The summed E-state index contributed by atoms with van der Waals surface area (Å²) in [5.74, 6) is -23.8. The van der Waals surface area contributed by atoms with Gasteiger partial charge in [-0.1, -0.05) is 187 Å². The summed E-state index contributed by atoms with van der Waals surface area (Å²) in [7, 11) is 0. The molecule has 7 aliphatic heterocycles. The summed E-state index contributed by atoms with van der Waals surface area (Å²) >= 11 is 0. The number of carboxylic acids is 3. The third-order valence-corrected chi connectivity index (χ3v) is 28.2. The Morgan fingerprint density at radius 3 is 1.11 bits per heavy atom. The first-order chi connectivity index (χ1) is 69.9. The molecule has 0 spiro atoms. The third-order valence-electron chi connectivity index (χ3n) is 28.2. The molecule has 7 rings (SSSR count). The van der Waals surface area contributed by atoms with Crippen LogP contribution >= 0.6 is 0 Å². The van der Waals surface area contributed by atoms with E-state index in [2.05, 4.69) is 35.1 Å². The number of nitrogens with one attached hydrogen (secondary N) is 4. The summed E-state index contributed by atoms with van der Waals surface area (Å²) in [6.45, 7) is -1.98. The summed E-state index contributed by atoms with van der Waals surface area (Å²) in [5, 5.41) is 297. The van der Waals surface area contributed by atoms with Crippen molar-refractivity contribution in [2.45, 2.75) is 497 Å². The number of aliphatic hydroxyl groups excluding tert-OH is 22. The predicted molar refractivity (Wildman–Crippen MR) is 502 cm³/mol. The third kappa shape index (κ3) is 36.3. The number of Topliss-reactive ketones (excluding diaryl/α,β-unsaturated/α-hetero) is 1. The van der Waals surface area contributed by atoms with E-state index < -0.39 is 369 Å². The van der Waals surface area contributed by atoms with E-state index in [1.54, 1.807) is 0 Å². The summed E-state index contributed by atoms with van der Waals surface area (Å²) < 4.78 is 85.0. The molecule has 40 atom stereocenters. The zero-order valence-electron chi connectivity index (χ0n) is 84.7. The van der Waals surface area contributed by atoms with Gasteiger partial charge in [-0.25, -0.2) is 14.4 Å². The average molecular weight is 2130 g/mol. The Kier molecular flexibility index (Phi) is 55.5. The van der Waals surface area contributed by atoms with Crippen molar-refractivity contribution in [3.05, 3.63) is 0 Å². The number of carbonyl (C=O) groups is 8. The molecule has 7 heterocycles. The molecule has 51 heteroatoms. The van der Waals surface area contributed by atoms with Gasteiger partial charge in [-0.05, 0) is 19.8 Å². The maximum absolute atomic E-state index is 14.7. The average Bonchev–Trinajstić information content (AvgIpc) is 0.736. The van der Waals surface area contributed by atoms with Crippen molar-refractivity contribution in [1.82, 2.24) is 21.3 Å². The highest BCUT2D eigenvalue weighted by Crippen LogP contribution is 2.46. The second-order valence-electron chi connectivity index (χ2n) is 39.9. The molecule has 0 aromatic carbocycles. The van der Waals surface area contributed by atoms with Crippen LogP contribution < -0.4 is 21.3 Å². The zero-order valence-corrected chi connectivity index (χ0v) is 84.7. The van der Waals surface area contributed by atoms with Crippen molar-refractivity contribution in [2.24, 2.45) is 5.92 Å². The van der Waals surface area contributed by atoms with Gasteiger partial charge in [0.15, 0.2) is 25.2 Å². The molecule has 51 nitrogen and oxygen atoms in total. The van der Waals surface area contributed by atoms with Gasteiger partial charge < -0.3 is 220 Å². The van der Waals surface area contributed by atoms with Crippen LogP contribution in [0.25, 0.3) is 0 Å². The van der Waals surface area contributed by atoms with Crippen molar-refractivity contribution in [3.63, 3.8) is 0 Å². The first-order valence-electron chi connectivity index (χ1n) is 51.9. The van der Waals surface area contributed by atoms with Crippen LogP contribution in [0.2, 0.25) is 0 Å². The van der Waals surface area contributed by atoms with Gasteiger partial charge in [0.25, 0.3) is 17.4 Å². The number of aliphatic hydroxyl groups is 22. The van der Waals surface area contributed by atoms with E-state index in [1.165, 1.54) is 89.9 Å². The van der Waals surface area contributed by atoms with Crippen molar-refractivity contribution < 1.29 is 232 Å². The van der Waals surface area contributed by atoms with E-state index in [1.807, 2.05) is 0 Å². The largest absolute Gasteiger partial charge is 0.477 e. The maximum Gasteiger partial charge on any atom is 0.364 e. The van der Waals surface area contributed by atoms with Gasteiger partial charge in [0.1, 0.15) is 146 Å². The van der Waals surface area contributed by atoms with Crippen molar-refractivity contribution in [1.29, 1.82) is 0 Å². The van der Waals surface area contributed by atoms with Crippen LogP contribution in [-0.4, -0.2) is 465 Å². The number of unbranched alkanes of at least 4 members (excludes halogenated alkanes) is 26. The van der Waals surface area contributed by atoms with E-state index in [9.17, 15) is 166 Å². The molecule has 0 saturated carbocycles. The first-order valence-corrected chi connectivity index (χ1v) is 51.9. The Morgan fingerprint density at radius 1 is 0.361 bits per heavy atom. The second-order valence-corrected chi connectivity index (χ2v) is 39.9. The molecule has 854 valence electrons. The Hall–Kier alpha value is -5.48. The van der Waals surface area contributed by atoms with Gasteiger partial charge >= 0.3 is 17.9 Å². The number of rotatable bonds is 68. The summed E-state index contributed by atoms with van der Waals surface area (Å²) in [5.41, 5.74) is 0. The van der Waals surface area contributed by atoms with Crippen LogP contribution in [0.1, 0.15) is 260 Å². The van der Waals surface area contributed by atoms with E-state index in [4.69, 9.17) is 66.3 Å². The second kappa shape index (κ2) is 63.5. The lowest BCUT2D eigenvalue weighted by molar-refractivity contribution is -0.409. The molecular formula is C96H168N4O47. The van der Waals surface area contributed by atoms with Gasteiger partial charge in [-0.3, -0.25) is 19.2 Å². The molecule has 0 aliphatic carbocycles. The van der Waals surface area contributed by atoms with Gasteiger partial charge in [-0.15, -0.1) is 0 Å². The van der Waals surface area contributed by atoms with E-state index in [0.717, 1.165) is 105 Å². The van der Waals surface area contributed by atoms with Crippen molar-refractivity contribution in [3.8, 4) is 0 Å². The number of ether oxygens (including phenoxy) is 14. The SMILES string of the molecule is CCCCCCCCCCCCCCCCCC(=O)NC(COC1OC(CO)C(OC2OC(CO)C(OC3OC(CO)C(O)C(OC4OC(CO)C(O)C(OC5(C(=O)O)CC(O)C(NC(C)=O)C(C(O)C(O)CO)O5)C4O)C3CC(C)=O)C(OC3(C(=O)O)CC(O)C(NC(C)=O)C(C(O)C(CO)OC4(C(=O)O)CC(O)C(NC(C)=O)C(C(O)C(O)CO)O4)O3)C2O)C(O)C1O)C(O)CCCCCCCCCCCCCCC. The smallest absolute Gasteiger partial charge is 0.364 e. The van der Waals surface area contributed by atoms with Crippen LogP contribution in [0.4, 0.5) is 0 Å². The molecule has 29 N–H and O–H groups in total. The number of hydrogen-bond donors (Lipinski definition) is 29. The minimum Gasteiger partial charge on any atom is -0.477 e.